The van der Waals surface area contributed by atoms with Gasteiger partial charge in [-0.1, -0.05) is 35.0 Å². The second-order valence-corrected chi connectivity index (χ2v) is 6.60. The second-order valence-electron chi connectivity index (χ2n) is 6.16. The topological polar surface area (TPSA) is 78.0 Å². The van der Waals surface area contributed by atoms with E-state index in [2.05, 4.69) is 10.3 Å². The Kier molecular flexibility index (Phi) is 4.63. The van der Waals surface area contributed by atoms with Crippen LogP contribution in [0.3, 0.4) is 0 Å². The lowest BCUT2D eigenvalue weighted by Gasteiger charge is -2.04. The van der Waals surface area contributed by atoms with E-state index in [9.17, 15) is 9.59 Å². The third-order valence-corrected chi connectivity index (χ3v) is 4.52. The van der Waals surface area contributed by atoms with Crippen molar-refractivity contribution >= 4 is 34.4 Å². The van der Waals surface area contributed by atoms with Crippen molar-refractivity contribution in [1.29, 1.82) is 0 Å². The number of carbonyl (C=O) groups is 1. The third-order valence-electron chi connectivity index (χ3n) is 4.27. The first-order valence-corrected chi connectivity index (χ1v) is 8.84. The van der Waals surface area contributed by atoms with Crippen molar-refractivity contribution < 1.29 is 9.21 Å². The van der Waals surface area contributed by atoms with Crippen LogP contribution >= 0.6 is 11.6 Å². The SMILES string of the molecule is Cc1c(C(=O)/C=C/c2ccc(Cl)cc2)nnn1-c1ccc2oc(=O)ccc2c1. The van der Waals surface area contributed by atoms with E-state index in [0.717, 1.165) is 10.9 Å². The number of aromatic nitrogens is 3. The van der Waals surface area contributed by atoms with Crippen LogP contribution in [0.25, 0.3) is 22.7 Å². The summed E-state index contributed by atoms with van der Waals surface area (Å²) in [4.78, 5) is 23.8. The highest BCUT2D eigenvalue weighted by Gasteiger charge is 2.15. The highest BCUT2D eigenvalue weighted by molar-refractivity contribution is 6.30. The van der Waals surface area contributed by atoms with Crippen LogP contribution in [-0.4, -0.2) is 20.8 Å². The van der Waals surface area contributed by atoms with Gasteiger partial charge in [-0.3, -0.25) is 4.79 Å². The summed E-state index contributed by atoms with van der Waals surface area (Å²) in [6, 6.07) is 15.5. The molecule has 4 rings (SSSR count). The molecular formula is C21H14ClN3O3. The first-order valence-electron chi connectivity index (χ1n) is 8.46. The Morgan fingerprint density at radius 1 is 1.11 bits per heavy atom. The molecule has 0 aliphatic carbocycles. The predicted molar refractivity (Wildman–Crippen MR) is 107 cm³/mol. The zero-order valence-electron chi connectivity index (χ0n) is 14.8. The molecule has 0 amide bonds. The normalized spacial score (nSPS) is 11.4. The number of fused-ring (bicyclic) bond motifs is 1. The summed E-state index contributed by atoms with van der Waals surface area (Å²) in [5, 5.41) is 9.52. The molecule has 0 aliphatic heterocycles. The van der Waals surface area contributed by atoms with E-state index in [1.54, 1.807) is 48.0 Å². The molecule has 138 valence electrons. The van der Waals surface area contributed by atoms with Gasteiger partial charge in [0.25, 0.3) is 0 Å². The molecule has 0 fully saturated rings. The van der Waals surface area contributed by atoms with E-state index < -0.39 is 5.63 Å². The number of allylic oxidation sites excluding steroid dienone is 1. The van der Waals surface area contributed by atoms with E-state index in [1.807, 2.05) is 18.2 Å². The van der Waals surface area contributed by atoms with Crippen LogP contribution in [0.1, 0.15) is 21.7 Å². The lowest BCUT2D eigenvalue weighted by Crippen LogP contribution is -2.02. The van der Waals surface area contributed by atoms with Crippen LogP contribution in [0.4, 0.5) is 0 Å². The fraction of sp³-hybridized carbons (Fsp3) is 0.0476. The summed E-state index contributed by atoms with van der Waals surface area (Å²) in [6.45, 7) is 1.78. The van der Waals surface area contributed by atoms with E-state index in [4.69, 9.17) is 16.0 Å². The first-order chi connectivity index (χ1) is 13.5. The van der Waals surface area contributed by atoms with Gasteiger partial charge in [0.1, 0.15) is 5.58 Å². The Balaban J connectivity index is 1.63. The number of hydrogen-bond donors (Lipinski definition) is 0. The molecule has 0 N–H and O–H groups in total. The Morgan fingerprint density at radius 2 is 1.89 bits per heavy atom. The minimum Gasteiger partial charge on any atom is -0.423 e. The fourth-order valence-electron chi connectivity index (χ4n) is 2.82. The molecule has 0 aliphatic rings. The molecule has 0 saturated heterocycles. The zero-order chi connectivity index (χ0) is 19.7. The lowest BCUT2D eigenvalue weighted by atomic mass is 10.1. The summed E-state index contributed by atoms with van der Waals surface area (Å²) in [5.74, 6) is -0.245. The van der Waals surface area contributed by atoms with Crippen molar-refractivity contribution in [3.05, 3.63) is 93.1 Å². The van der Waals surface area contributed by atoms with Gasteiger partial charge in [0.2, 0.25) is 5.78 Å². The van der Waals surface area contributed by atoms with E-state index in [-0.39, 0.29) is 11.5 Å². The minimum atomic E-state index is -0.405. The summed E-state index contributed by atoms with van der Waals surface area (Å²) in [6.07, 6.45) is 3.16. The largest absolute Gasteiger partial charge is 0.423 e. The number of hydrogen-bond acceptors (Lipinski definition) is 5. The zero-order valence-corrected chi connectivity index (χ0v) is 15.6. The highest BCUT2D eigenvalue weighted by Crippen LogP contribution is 2.19. The molecular weight excluding hydrogens is 378 g/mol. The van der Waals surface area contributed by atoms with Crippen molar-refractivity contribution in [3.63, 3.8) is 0 Å². The fourth-order valence-corrected chi connectivity index (χ4v) is 2.94. The Labute approximate surface area is 164 Å². The van der Waals surface area contributed by atoms with Gasteiger partial charge in [0.15, 0.2) is 5.69 Å². The van der Waals surface area contributed by atoms with Gasteiger partial charge in [-0.05, 0) is 55.0 Å². The van der Waals surface area contributed by atoms with Gasteiger partial charge >= 0.3 is 5.63 Å². The number of nitrogens with zero attached hydrogens (tertiary/aromatic N) is 3. The van der Waals surface area contributed by atoms with Crippen LogP contribution in [0.2, 0.25) is 5.02 Å². The van der Waals surface area contributed by atoms with Gasteiger partial charge in [0, 0.05) is 16.5 Å². The third kappa shape index (κ3) is 3.50. The maximum atomic E-state index is 12.5. The van der Waals surface area contributed by atoms with Gasteiger partial charge in [-0.2, -0.15) is 0 Å². The summed E-state index contributed by atoms with van der Waals surface area (Å²) in [7, 11) is 0. The van der Waals surface area contributed by atoms with Crippen molar-refractivity contribution in [3.8, 4) is 5.69 Å². The van der Waals surface area contributed by atoms with Crippen LogP contribution in [0, 0.1) is 6.92 Å². The average molecular weight is 392 g/mol. The van der Waals surface area contributed by atoms with Crippen LogP contribution in [0.5, 0.6) is 0 Å². The van der Waals surface area contributed by atoms with Gasteiger partial charge in [0.05, 0.1) is 11.4 Å². The Hall–Kier alpha value is -3.51. The first kappa shape index (κ1) is 17.9. The van der Waals surface area contributed by atoms with E-state index in [0.29, 0.717) is 22.0 Å². The van der Waals surface area contributed by atoms with Crippen LogP contribution in [-0.2, 0) is 0 Å². The number of ketones is 1. The second kappa shape index (κ2) is 7.25. The molecule has 6 nitrogen and oxygen atoms in total. The molecule has 0 radical (unpaired) electrons. The lowest BCUT2D eigenvalue weighted by molar-refractivity contribution is 0.104. The minimum absolute atomic E-state index is 0.245. The number of rotatable bonds is 4. The van der Waals surface area contributed by atoms with Crippen molar-refractivity contribution in [2.45, 2.75) is 6.92 Å². The predicted octanol–water partition coefficient (Wildman–Crippen LogP) is 4.23. The van der Waals surface area contributed by atoms with Crippen molar-refractivity contribution in [2.75, 3.05) is 0 Å². The quantitative estimate of drug-likeness (QED) is 0.295. The molecule has 2 aromatic carbocycles. The standard InChI is InChI=1S/C21H14ClN3O3/c1-13-21(18(26)9-4-14-2-6-16(22)7-3-14)23-24-25(13)17-8-10-19-15(12-17)5-11-20(27)28-19/h2-12H,1H3/b9-4+. The molecule has 0 unspecified atom stereocenters. The summed E-state index contributed by atoms with van der Waals surface area (Å²) >= 11 is 5.86. The molecule has 0 spiro atoms. The van der Waals surface area contributed by atoms with Crippen LogP contribution in [0.15, 0.2) is 69.9 Å². The maximum Gasteiger partial charge on any atom is 0.336 e. The van der Waals surface area contributed by atoms with Crippen LogP contribution < -0.4 is 5.63 Å². The van der Waals surface area contributed by atoms with Gasteiger partial charge in [-0.25, -0.2) is 9.48 Å². The maximum absolute atomic E-state index is 12.5. The molecule has 0 bridgehead atoms. The number of halogens is 1. The number of carbonyl (C=O) groups excluding carboxylic acids is 1. The molecule has 2 aromatic heterocycles. The highest BCUT2D eigenvalue weighted by atomic mass is 35.5. The van der Waals surface area contributed by atoms with E-state index in [1.165, 1.54) is 12.1 Å². The monoisotopic (exact) mass is 391 g/mol. The van der Waals surface area contributed by atoms with Gasteiger partial charge < -0.3 is 4.42 Å². The van der Waals surface area contributed by atoms with E-state index >= 15 is 0 Å². The molecule has 4 aromatic rings. The number of benzene rings is 2. The summed E-state index contributed by atoms with van der Waals surface area (Å²) < 4.78 is 6.71. The Morgan fingerprint density at radius 3 is 2.68 bits per heavy atom. The van der Waals surface area contributed by atoms with Gasteiger partial charge in [-0.15, -0.1) is 5.10 Å². The smallest absolute Gasteiger partial charge is 0.336 e. The molecule has 7 heteroatoms. The van der Waals surface area contributed by atoms with Crippen molar-refractivity contribution in [1.82, 2.24) is 15.0 Å². The molecule has 2 heterocycles. The average Bonchev–Trinajstić information content (AvgIpc) is 3.08. The molecule has 0 atom stereocenters. The summed E-state index contributed by atoms with van der Waals surface area (Å²) in [5.41, 5.74) is 2.53. The van der Waals surface area contributed by atoms with Crippen molar-refractivity contribution in [2.24, 2.45) is 0 Å². The molecule has 0 saturated carbocycles. The Bertz CT molecular complexity index is 1270. The molecule has 28 heavy (non-hydrogen) atoms.